The van der Waals surface area contributed by atoms with Gasteiger partial charge in [0.05, 0.1) is 5.25 Å². The van der Waals surface area contributed by atoms with Gasteiger partial charge < -0.3 is 10.2 Å². The molecule has 2 aliphatic heterocycles. The number of hydrogen-bond donors (Lipinski definition) is 1. The molecule has 0 saturated carbocycles. The summed E-state index contributed by atoms with van der Waals surface area (Å²) in [5.41, 5.74) is 0. The van der Waals surface area contributed by atoms with Gasteiger partial charge in [0, 0.05) is 12.6 Å². The molecule has 19 heavy (non-hydrogen) atoms. The molecule has 4 heteroatoms. The largest absolute Gasteiger partial charge is 0.339 e. The van der Waals surface area contributed by atoms with E-state index in [1.165, 1.54) is 25.7 Å². The number of rotatable bonds is 4. The maximum atomic E-state index is 12.7. The van der Waals surface area contributed by atoms with Gasteiger partial charge in [0.2, 0.25) is 5.91 Å². The predicted octanol–water partition coefficient (Wildman–Crippen LogP) is 2.51. The van der Waals surface area contributed by atoms with Crippen molar-refractivity contribution in [3.63, 3.8) is 0 Å². The van der Waals surface area contributed by atoms with Crippen LogP contribution in [0.15, 0.2) is 0 Å². The molecule has 1 N–H and O–H groups in total. The van der Waals surface area contributed by atoms with Crippen LogP contribution in [0.4, 0.5) is 0 Å². The maximum absolute atomic E-state index is 12.7. The maximum Gasteiger partial charge on any atom is 0.235 e. The van der Waals surface area contributed by atoms with E-state index in [2.05, 4.69) is 24.1 Å². The highest BCUT2D eigenvalue weighted by Gasteiger charge is 2.29. The molecule has 0 aromatic carbocycles. The van der Waals surface area contributed by atoms with Crippen molar-refractivity contribution in [2.75, 3.05) is 25.4 Å². The Labute approximate surface area is 121 Å². The van der Waals surface area contributed by atoms with Crippen molar-refractivity contribution in [2.24, 2.45) is 5.92 Å². The molecule has 2 heterocycles. The summed E-state index contributed by atoms with van der Waals surface area (Å²) in [5.74, 6) is 2.20. The van der Waals surface area contributed by atoms with Crippen molar-refractivity contribution in [1.29, 1.82) is 0 Å². The Bertz CT molecular complexity index is 284. The SMILES string of the molecule is CC(C)N(CC1CCCNC1)C(=O)C1CCCCS1. The topological polar surface area (TPSA) is 32.3 Å². The zero-order valence-electron chi connectivity index (χ0n) is 12.4. The summed E-state index contributed by atoms with van der Waals surface area (Å²) in [6, 6.07) is 0.331. The van der Waals surface area contributed by atoms with Crippen LogP contribution in [0, 0.1) is 5.92 Å². The van der Waals surface area contributed by atoms with E-state index in [-0.39, 0.29) is 5.25 Å². The first kappa shape index (κ1) is 15.2. The molecule has 3 nitrogen and oxygen atoms in total. The minimum atomic E-state index is 0.229. The van der Waals surface area contributed by atoms with Crippen LogP contribution in [0.2, 0.25) is 0 Å². The van der Waals surface area contributed by atoms with Crippen LogP contribution in [0.1, 0.15) is 46.0 Å². The second-order valence-electron chi connectivity index (χ2n) is 6.15. The molecule has 2 aliphatic rings. The lowest BCUT2D eigenvalue weighted by molar-refractivity contribution is -0.133. The molecule has 2 atom stereocenters. The Morgan fingerprint density at radius 1 is 1.32 bits per heavy atom. The quantitative estimate of drug-likeness (QED) is 0.861. The minimum absolute atomic E-state index is 0.229. The number of carbonyl (C=O) groups excluding carboxylic acids is 1. The monoisotopic (exact) mass is 284 g/mol. The van der Waals surface area contributed by atoms with Gasteiger partial charge in [-0.1, -0.05) is 6.42 Å². The highest BCUT2D eigenvalue weighted by Crippen LogP contribution is 2.28. The molecule has 110 valence electrons. The van der Waals surface area contributed by atoms with Crippen molar-refractivity contribution in [1.82, 2.24) is 10.2 Å². The van der Waals surface area contributed by atoms with E-state index < -0.39 is 0 Å². The summed E-state index contributed by atoms with van der Waals surface area (Å²) in [4.78, 5) is 14.8. The molecule has 0 radical (unpaired) electrons. The zero-order chi connectivity index (χ0) is 13.7. The van der Waals surface area contributed by atoms with E-state index in [9.17, 15) is 4.79 Å². The lowest BCUT2D eigenvalue weighted by Crippen LogP contribution is -2.47. The second-order valence-corrected chi connectivity index (χ2v) is 7.46. The van der Waals surface area contributed by atoms with Gasteiger partial charge >= 0.3 is 0 Å². The Morgan fingerprint density at radius 2 is 2.16 bits per heavy atom. The van der Waals surface area contributed by atoms with E-state index >= 15 is 0 Å². The number of nitrogens with one attached hydrogen (secondary N) is 1. The van der Waals surface area contributed by atoms with Crippen LogP contribution in [0.3, 0.4) is 0 Å². The van der Waals surface area contributed by atoms with Crippen molar-refractivity contribution in [2.45, 2.75) is 57.2 Å². The van der Waals surface area contributed by atoms with Crippen molar-refractivity contribution in [3.8, 4) is 0 Å². The summed E-state index contributed by atoms with van der Waals surface area (Å²) < 4.78 is 0. The molecule has 1 amide bonds. The van der Waals surface area contributed by atoms with E-state index in [4.69, 9.17) is 0 Å². The molecule has 0 aromatic rings. The third kappa shape index (κ3) is 4.38. The number of amides is 1. The van der Waals surface area contributed by atoms with Crippen LogP contribution in [-0.4, -0.2) is 47.5 Å². The summed E-state index contributed by atoms with van der Waals surface area (Å²) in [5, 5.41) is 3.68. The van der Waals surface area contributed by atoms with Gasteiger partial charge in [0.15, 0.2) is 0 Å². The Hall–Kier alpha value is -0.220. The Balaban J connectivity index is 1.91. The van der Waals surface area contributed by atoms with Crippen molar-refractivity contribution in [3.05, 3.63) is 0 Å². The normalized spacial score (nSPS) is 28.4. The van der Waals surface area contributed by atoms with Crippen molar-refractivity contribution < 1.29 is 4.79 Å². The molecule has 2 unspecified atom stereocenters. The third-order valence-electron chi connectivity index (χ3n) is 4.22. The molecular weight excluding hydrogens is 256 g/mol. The molecule has 0 aromatic heterocycles. The van der Waals surface area contributed by atoms with Gasteiger partial charge in [-0.15, -0.1) is 11.8 Å². The highest BCUT2D eigenvalue weighted by molar-refractivity contribution is 8.00. The van der Waals surface area contributed by atoms with E-state index in [0.29, 0.717) is 17.9 Å². The van der Waals surface area contributed by atoms with E-state index in [1.54, 1.807) is 0 Å². The van der Waals surface area contributed by atoms with Gasteiger partial charge in [0.1, 0.15) is 0 Å². The molecule has 2 fully saturated rings. The lowest BCUT2D eigenvalue weighted by Gasteiger charge is -2.35. The fourth-order valence-electron chi connectivity index (χ4n) is 3.03. The smallest absolute Gasteiger partial charge is 0.235 e. The number of hydrogen-bond acceptors (Lipinski definition) is 3. The predicted molar refractivity (Wildman–Crippen MR) is 82.5 cm³/mol. The van der Waals surface area contributed by atoms with Gasteiger partial charge in [-0.25, -0.2) is 0 Å². The summed E-state index contributed by atoms with van der Waals surface area (Å²) in [6.07, 6.45) is 6.10. The first-order valence-electron chi connectivity index (χ1n) is 7.81. The third-order valence-corrected chi connectivity index (χ3v) is 5.58. The summed E-state index contributed by atoms with van der Waals surface area (Å²) >= 11 is 1.87. The van der Waals surface area contributed by atoms with Crippen LogP contribution in [0.5, 0.6) is 0 Å². The molecule has 2 saturated heterocycles. The summed E-state index contributed by atoms with van der Waals surface area (Å²) in [7, 11) is 0. The second kappa shape index (κ2) is 7.53. The first-order chi connectivity index (χ1) is 9.18. The fourth-order valence-corrected chi connectivity index (χ4v) is 4.30. The van der Waals surface area contributed by atoms with Gasteiger partial charge in [-0.05, 0) is 64.3 Å². The number of carbonyl (C=O) groups is 1. The van der Waals surface area contributed by atoms with Crippen molar-refractivity contribution >= 4 is 17.7 Å². The number of piperidine rings is 1. The standard InChI is InChI=1S/C15H28N2OS/c1-12(2)17(11-13-6-5-8-16-10-13)15(18)14-7-3-4-9-19-14/h12-14,16H,3-11H2,1-2H3. The lowest BCUT2D eigenvalue weighted by atomic mass is 9.98. The van der Waals surface area contributed by atoms with Gasteiger partial charge in [-0.2, -0.15) is 0 Å². The molecule has 0 aliphatic carbocycles. The van der Waals surface area contributed by atoms with E-state index in [0.717, 1.165) is 31.8 Å². The van der Waals surface area contributed by atoms with E-state index in [1.807, 2.05) is 11.8 Å². The number of thioether (sulfide) groups is 1. The molecule has 2 rings (SSSR count). The minimum Gasteiger partial charge on any atom is -0.339 e. The molecular formula is C15H28N2OS. The van der Waals surface area contributed by atoms with Crippen LogP contribution >= 0.6 is 11.8 Å². The molecule has 0 bridgehead atoms. The number of nitrogens with zero attached hydrogens (tertiary/aromatic N) is 1. The van der Waals surface area contributed by atoms with Gasteiger partial charge in [0.25, 0.3) is 0 Å². The van der Waals surface area contributed by atoms with Crippen LogP contribution in [-0.2, 0) is 4.79 Å². The average molecular weight is 284 g/mol. The van der Waals surface area contributed by atoms with Gasteiger partial charge in [-0.3, -0.25) is 4.79 Å². The average Bonchev–Trinajstić information content (AvgIpc) is 2.46. The highest BCUT2D eigenvalue weighted by atomic mass is 32.2. The first-order valence-corrected chi connectivity index (χ1v) is 8.86. The Kier molecular flexibility index (Phi) is 6.02. The Morgan fingerprint density at radius 3 is 2.74 bits per heavy atom. The summed E-state index contributed by atoms with van der Waals surface area (Å²) in [6.45, 7) is 7.47. The van der Waals surface area contributed by atoms with Crippen LogP contribution < -0.4 is 5.32 Å². The van der Waals surface area contributed by atoms with Crippen LogP contribution in [0.25, 0.3) is 0 Å². The molecule has 0 spiro atoms. The fraction of sp³-hybridized carbons (Fsp3) is 0.933. The zero-order valence-corrected chi connectivity index (χ0v) is 13.2.